The maximum Gasteiger partial charge on any atom is 0.410 e. The van der Waals surface area contributed by atoms with E-state index in [4.69, 9.17) is 4.74 Å². The molecule has 0 bridgehead atoms. The average molecular weight is 279 g/mol. The third-order valence-electron chi connectivity index (χ3n) is 4.75. The first kappa shape index (κ1) is 12.5. The van der Waals surface area contributed by atoms with Crippen LogP contribution < -0.4 is 0 Å². The molecule has 1 amide bonds. The summed E-state index contributed by atoms with van der Waals surface area (Å²) in [7, 11) is 0. The maximum absolute atomic E-state index is 11.9. The number of hydrogen-bond acceptors (Lipinski definition) is 2. The third-order valence-corrected chi connectivity index (χ3v) is 4.75. The van der Waals surface area contributed by atoms with Crippen LogP contribution in [-0.4, -0.2) is 30.2 Å². The van der Waals surface area contributed by atoms with Gasteiger partial charge in [-0.25, -0.2) is 4.79 Å². The van der Waals surface area contributed by atoms with E-state index in [-0.39, 0.29) is 17.6 Å². The number of carbonyl (C=O) groups is 1. The van der Waals surface area contributed by atoms with Crippen molar-refractivity contribution in [2.75, 3.05) is 13.2 Å². The summed E-state index contributed by atoms with van der Waals surface area (Å²) in [6.07, 6.45) is 0.751. The second kappa shape index (κ2) is 4.62. The topological polar surface area (TPSA) is 29.5 Å². The van der Waals surface area contributed by atoms with Crippen LogP contribution in [0.3, 0.4) is 0 Å². The molecule has 0 aromatic heterocycles. The Morgan fingerprint density at radius 2 is 1.52 bits per heavy atom. The molecular weight excluding hydrogens is 262 g/mol. The van der Waals surface area contributed by atoms with E-state index in [0.717, 1.165) is 6.42 Å². The second-order valence-electron chi connectivity index (χ2n) is 5.88. The number of rotatable bonds is 2. The number of fused-ring (bicyclic) bond motifs is 1. The maximum atomic E-state index is 11.9. The van der Waals surface area contributed by atoms with Gasteiger partial charge in [-0.3, -0.25) is 0 Å². The number of carbonyl (C=O) groups excluding carboxylic acids is 1. The van der Waals surface area contributed by atoms with Crippen molar-refractivity contribution < 1.29 is 9.53 Å². The zero-order valence-electron chi connectivity index (χ0n) is 11.7. The fourth-order valence-electron chi connectivity index (χ4n) is 3.71. The lowest BCUT2D eigenvalue weighted by molar-refractivity contribution is 0.156. The molecule has 1 unspecified atom stereocenters. The number of benzene rings is 2. The van der Waals surface area contributed by atoms with Gasteiger partial charge in [0, 0.05) is 12.0 Å². The van der Waals surface area contributed by atoms with Gasteiger partial charge in [0.15, 0.2) is 0 Å². The van der Waals surface area contributed by atoms with Gasteiger partial charge in [0.05, 0.1) is 6.04 Å². The first-order valence-electron chi connectivity index (χ1n) is 7.34. The number of cyclic esters (lactones) is 1. The number of hydrogen-bond donors (Lipinski definition) is 0. The zero-order valence-corrected chi connectivity index (χ0v) is 11.7. The molecule has 0 N–H and O–H groups in total. The molecule has 3 heteroatoms. The summed E-state index contributed by atoms with van der Waals surface area (Å²) >= 11 is 0. The minimum atomic E-state index is -0.172. The van der Waals surface area contributed by atoms with E-state index in [1.165, 1.54) is 11.1 Å². The molecule has 2 aromatic carbocycles. The van der Waals surface area contributed by atoms with Gasteiger partial charge >= 0.3 is 6.09 Å². The lowest BCUT2D eigenvalue weighted by Gasteiger charge is -2.30. The van der Waals surface area contributed by atoms with Crippen LogP contribution >= 0.6 is 0 Å². The zero-order chi connectivity index (χ0) is 14.3. The summed E-state index contributed by atoms with van der Waals surface area (Å²) in [6, 6.07) is 21.2. The van der Waals surface area contributed by atoms with E-state index in [1.54, 1.807) is 0 Å². The molecule has 106 valence electrons. The van der Waals surface area contributed by atoms with E-state index in [9.17, 15) is 4.79 Å². The Morgan fingerprint density at radius 1 is 0.952 bits per heavy atom. The molecule has 2 heterocycles. The lowest BCUT2D eigenvalue weighted by atomic mass is 9.73. The van der Waals surface area contributed by atoms with Crippen LogP contribution in [0.25, 0.3) is 0 Å². The monoisotopic (exact) mass is 279 g/mol. The van der Waals surface area contributed by atoms with Crippen molar-refractivity contribution in [2.24, 2.45) is 0 Å². The summed E-state index contributed by atoms with van der Waals surface area (Å²) in [5.41, 5.74) is 2.43. The average Bonchev–Trinajstić information content (AvgIpc) is 3.09. The van der Waals surface area contributed by atoms with Gasteiger partial charge in [0.1, 0.15) is 6.61 Å². The minimum absolute atomic E-state index is 0.118. The standard InChI is InChI=1S/C18H17NO2/c20-17-19-13-18(11-16(19)12-21-17,14-7-3-1-4-8-14)15-9-5-2-6-10-15/h1-10,16H,11-13H2. The highest BCUT2D eigenvalue weighted by atomic mass is 16.6. The fourth-order valence-corrected chi connectivity index (χ4v) is 3.71. The van der Waals surface area contributed by atoms with Crippen LogP contribution in [0.5, 0.6) is 0 Å². The summed E-state index contributed by atoms with van der Waals surface area (Å²) in [4.78, 5) is 13.8. The van der Waals surface area contributed by atoms with Crippen LogP contribution in [0.2, 0.25) is 0 Å². The number of ether oxygens (including phenoxy) is 1. The van der Waals surface area contributed by atoms with Gasteiger partial charge in [0.25, 0.3) is 0 Å². The highest BCUT2D eigenvalue weighted by Crippen LogP contribution is 2.45. The van der Waals surface area contributed by atoms with E-state index in [1.807, 2.05) is 17.0 Å². The SMILES string of the molecule is O=C1OCC2CC(c3ccccc3)(c3ccccc3)CN12. The van der Waals surface area contributed by atoms with Gasteiger partial charge < -0.3 is 9.64 Å². The highest BCUT2D eigenvalue weighted by molar-refractivity contribution is 5.71. The Morgan fingerprint density at radius 3 is 2.05 bits per heavy atom. The first-order valence-corrected chi connectivity index (χ1v) is 7.34. The molecule has 2 aliphatic heterocycles. The molecular formula is C18H17NO2. The molecule has 0 radical (unpaired) electrons. The number of nitrogens with zero attached hydrogens (tertiary/aromatic N) is 1. The van der Waals surface area contributed by atoms with Crippen molar-refractivity contribution >= 4 is 6.09 Å². The molecule has 2 aliphatic rings. The summed E-state index contributed by atoms with van der Waals surface area (Å²) < 4.78 is 5.17. The van der Waals surface area contributed by atoms with Crippen molar-refractivity contribution in [2.45, 2.75) is 17.9 Å². The van der Waals surface area contributed by atoms with Crippen molar-refractivity contribution in [3.8, 4) is 0 Å². The van der Waals surface area contributed by atoms with Crippen LogP contribution in [0.15, 0.2) is 60.7 Å². The van der Waals surface area contributed by atoms with Gasteiger partial charge in [-0.15, -0.1) is 0 Å². The first-order chi connectivity index (χ1) is 10.3. The summed E-state index contributed by atoms with van der Waals surface area (Å²) in [5.74, 6) is 0. The Labute approximate surface area is 124 Å². The van der Waals surface area contributed by atoms with Crippen LogP contribution in [0.1, 0.15) is 17.5 Å². The van der Waals surface area contributed by atoms with Gasteiger partial charge in [-0.2, -0.15) is 0 Å². The van der Waals surface area contributed by atoms with Gasteiger partial charge in [-0.1, -0.05) is 60.7 Å². The second-order valence-corrected chi connectivity index (χ2v) is 5.88. The smallest absolute Gasteiger partial charge is 0.410 e. The molecule has 2 saturated heterocycles. The van der Waals surface area contributed by atoms with Crippen molar-refractivity contribution in [3.05, 3.63) is 71.8 Å². The van der Waals surface area contributed by atoms with E-state index < -0.39 is 0 Å². The van der Waals surface area contributed by atoms with E-state index in [2.05, 4.69) is 48.5 Å². The molecule has 2 aromatic rings. The Balaban J connectivity index is 1.84. The quantitative estimate of drug-likeness (QED) is 0.845. The Hall–Kier alpha value is -2.29. The predicted molar refractivity (Wildman–Crippen MR) is 80.1 cm³/mol. The highest BCUT2D eigenvalue weighted by Gasteiger charge is 2.51. The molecule has 0 saturated carbocycles. The Kier molecular flexibility index (Phi) is 2.74. The molecule has 2 fully saturated rings. The summed E-state index contributed by atoms with van der Waals surface area (Å²) in [5, 5.41) is 0. The van der Waals surface area contributed by atoms with E-state index in [0.29, 0.717) is 13.2 Å². The molecule has 21 heavy (non-hydrogen) atoms. The van der Waals surface area contributed by atoms with Gasteiger partial charge in [0.2, 0.25) is 0 Å². The van der Waals surface area contributed by atoms with Crippen LogP contribution in [0.4, 0.5) is 4.79 Å². The molecule has 0 spiro atoms. The largest absolute Gasteiger partial charge is 0.447 e. The molecule has 0 aliphatic carbocycles. The Bertz CT molecular complexity index is 614. The van der Waals surface area contributed by atoms with Crippen LogP contribution in [-0.2, 0) is 10.2 Å². The normalized spacial score (nSPS) is 23.0. The molecule has 4 rings (SSSR count). The number of amides is 1. The minimum Gasteiger partial charge on any atom is -0.447 e. The lowest BCUT2D eigenvalue weighted by Crippen LogP contribution is -2.34. The third kappa shape index (κ3) is 1.84. The van der Waals surface area contributed by atoms with Crippen molar-refractivity contribution in [3.63, 3.8) is 0 Å². The molecule has 3 nitrogen and oxygen atoms in total. The fraction of sp³-hybridized carbons (Fsp3) is 0.278. The van der Waals surface area contributed by atoms with Crippen LogP contribution in [0, 0.1) is 0 Å². The predicted octanol–water partition coefficient (Wildman–Crippen LogP) is 3.20. The van der Waals surface area contributed by atoms with Gasteiger partial charge in [-0.05, 0) is 17.5 Å². The van der Waals surface area contributed by atoms with Crippen molar-refractivity contribution in [1.82, 2.24) is 4.90 Å². The van der Waals surface area contributed by atoms with Crippen molar-refractivity contribution in [1.29, 1.82) is 0 Å². The summed E-state index contributed by atoms with van der Waals surface area (Å²) in [6.45, 7) is 1.21. The molecule has 1 atom stereocenters. The van der Waals surface area contributed by atoms with E-state index >= 15 is 0 Å².